The van der Waals surface area contributed by atoms with E-state index in [9.17, 15) is 24.5 Å². The third-order valence-electron chi connectivity index (χ3n) is 3.95. The van der Waals surface area contributed by atoms with E-state index in [1.807, 2.05) is 0 Å². The molecule has 1 fully saturated rings. The number of non-ortho nitro benzene ring substituents is 1. The van der Waals surface area contributed by atoms with Crippen LogP contribution in [0.3, 0.4) is 0 Å². The largest absolute Gasteiger partial charge is 0.452 e. The second kappa shape index (κ2) is 8.30. The molecule has 2 N–H and O–H groups in total. The fourth-order valence-electron chi connectivity index (χ4n) is 2.39. The van der Waals surface area contributed by atoms with E-state index in [0.717, 1.165) is 18.9 Å². The lowest BCUT2D eigenvalue weighted by Gasteiger charge is -2.08. The molecule has 2 amide bonds. The van der Waals surface area contributed by atoms with Gasteiger partial charge in [0.1, 0.15) is 0 Å². The van der Waals surface area contributed by atoms with Crippen LogP contribution in [0.5, 0.6) is 0 Å². The minimum atomic E-state index is -0.851. The van der Waals surface area contributed by atoms with Crippen molar-refractivity contribution in [3.63, 3.8) is 0 Å². The average molecular weight is 383 g/mol. The summed E-state index contributed by atoms with van der Waals surface area (Å²) < 4.78 is 4.88. The molecule has 0 saturated heterocycles. The first-order chi connectivity index (χ1) is 13.4. The summed E-state index contributed by atoms with van der Waals surface area (Å²) >= 11 is 0. The number of hydrogen-bond acceptors (Lipinski definition) is 6. The highest BCUT2D eigenvalue weighted by Crippen LogP contribution is 2.20. The highest BCUT2D eigenvalue weighted by atomic mass is 16.6. The van der Waals surface area contributed by atoms with Gasteiger partial charge in [-0.25, -0.2) is 4.79 Å². The SMILES string of the molecule is O=C(COC(=O)c1cccc([N+](=O)[O-])c1)Nc1cccc(C(=O)NC2CC2)c1. The van der Waals surface area contributed by atoms with Gasteiger partial charge >= 0.3 is 5.97 Å². The first-order valence-electron chi connectivity index (χ1n) is 8.55. The van der Waals surface area contributed by atoms with Crippen LogP contribution in [0.4, 0.5) is 11.4 Å². The third-order valence-corrected chi connectivity index (χ3v) is 3.95. The fourth-order valence-corrected chi connectivity index (χ4v) is 2.39. The lowest BCUT2D eigenvalue weighted by Crippen LogP contribution is -2.25. The van der Waals surface area contributed by atoms with Crippen LogP contribution < -0.4 is 10.6 Å². The molecule has 9 heteroatoms. The molecule has 2 aromatic rings. The van der Waals surface area contributed by atoms with E-state index in [4.69, 9.17) is 4.74 Å². The molecular formula is C19H17N3O6. The first-order valence-corrected chi connectivity index (χ1v) is 8.55. The second-order valence-corrected chi connectivity index (χ2v) is 6.26. The maximum Gasteiger partial charge on any atom is 0.338 e. The van der Waals surface area contributed by atoms with Crippen LogP contribution in [-0.4, -0.2) is 35.4 Å². The van der Waals surface area contributed by atoms with E-state index in [2.05, 4.69) is 10.6 Å². The summed E-state index contributed by atoms with van der Waals surface area (Å²) in [6.45, 7) is -0.569. The smallest absolute Gasteiger partial charge is 0.338 e. The molecule has 3 rings (SSSR count). The number of esters is 1. The minimum Gasteiger partial charge on any atom is -0.452 e. The van der Waals surface area contributed by atoms with Crippen LogP contribution in [0.25, 0.3) is 0 Å². The molecule has 1 aliphatic rings. The Bertz CT molecular complexity index is 939. The summed E-state index contributed by atoms with van der Waals surface area (Å²) in [7, 11) is 0. The van der Waals surface area contributed by atoms with E-state index in [0.29, 0.717) is 11.3 Å². The van der Waals surface area contributed by atoms with Crippen LogP contribution in [0, 0.1) is 10.1 Å². The number of nitro benzene ring substituents is 1. The van der Waals surface area contributed by atoms with Gasteiger partial charge in [0.2, 0.25) is 0 Å². The molecule has 2 aromatic carbocycles. The zero-order chi connectivity index (χ0) is 20.1. The van der Waals surface area contributed by atoms with Crippen molar-refractivity contribution in [3.05, 3.63) is 69.8 Å². The Morgan fingerprint density at radius 2 is 1.79 bits per heavy atom. The molecule has 0 aliphatic heterocycles. The lowest BCUT2D eigenvalue weighted by atomic mass is 10.2. The minimum absolute atomic E-state index is 0.0271. The predicted octanol–water partition coefficient (Wildman–Crippen LogP) is 2.28. The van der Waals surface area contributed by atoms with E-state index in [-0.39, 0.29) is 23.2 Å². The van der Waals surface area contributed by atoms with Gasteiger partial charge < -0.3 is 15.4 Å². The molecule has 1 aliphatic carbocycles. The van der Waals surface area contributed by atoms with Gasteiger partial charge in [0.25, 0.3) is 17.5 Å². The molecule has 0 bridgehead atoms. The monoisotopic (exact) mass is 383 g/mol. The van der Waals surface area contributed by atoms with Crippen LogP contribution in [0.2, 0.25) is 0 Å². The molecule has 28 heavy (non-hydrogen) atoms. The van der Waals surface area contributed by atoms with Crippen molar-refractivity contribution in [2.75, 3.05) is 11.9 Å². The molecule has 0 radical (unpaired) electrons. The van der Waals surface area contributed by atoms with Gasteiger partial charge in [-0.15, -0.1) is 0 Å². The predicted molar refractivity (Wildman–Crippen MR) is 98.9 cm³/mol. The summed E-state index contributed by atoms with van der Waals surface area (Å²) in [6.07, 6.45) is 1.94. The quantitative estimate of drug-likeness (QED) is 0.429. The van der Waals surface area contributed by atoms with Gasteiger partial charge in [0.15, 0.2) is 6.61 Å². The van der Waals surface area contributed by atoms with Gasteiger partial charge in [0, 0.05) is 29.4 Å². The van der Waals surface area contributed by atoms with Crippen molar-refractivity contribution in [2.24, 2.45) is 0 Å². The van der Waals surface area contributed by atoms with E-state index in [1.165, 1.54) is 24.3 Å². The Kier molecular flexibility index (Phi) is 5.64. The first kappa shape index (κ1) is 19.0. The Morgan fingerprint density at radius 3 is 2.50 bits per heavy atom. The van der Waals surface area contributed by atoms with Crippen molar-refractivity contribution in [2.45, 2.75) is 18.9 Å². The maximum atomic E-state index is 12.0. The molecule has 0 aromatic heterocycles. The summed E-state index contributed by atoms with van der Waals surface area (Å²) in [6, 6.07) is 11.6. The lowest BCUT2D eigenvalue weighted by molar-refractivity contribution is -0.384. The van der Waals surface area contributed by atoms with Gasteiger partial charge in [-0.1, -0.05) is 12.1 Å². The number of benzene rings is 2. The van der Waals surface area contributed by atoms with Crippen molar-refractivity contribution >= 4 is 29.2 Å². The maximum absolute atomic E-state index is 12.0. The molecule has 1 saturated carbocycles. The number of ether oxygens (including phenoxy) is 1. The summed E-state index contributed by atoms with van der Waals surface area (Å²) in [5.74, 6) is -1.66. The number of carbonyl (C=O) groups is 3. The summed E-state index contributed by atoms with van der Waals surface area (Å²) in [5, 5.41) is 16.1. The second-order valence-electron chi connectivity index (χ2n) is 6.26. The highest BCUT2D eigenvalue weighted by Gasteiger charge is 2.23. The number of nitrogens with zero attached hydrogens (tertiary/aromatic N) is 1. The molecule has 0 atom stereocenters. The third kappa shape index (κ3) is 5.13. The normalized spacial score (nSPS) is 12.7. The Labute approximate surface area is 159 Å². The fraction of sp³-hybridized carbons (Fsp3) is 0.211. The van der Waals surface area contributed by atoms with Crippen molar-refractivity contribution in [1.29, 1.82) is 0 Å². The number of amides is 2. The van der Waals surface area contributed by atoms with Gasteiger partial charge in [0.05, 0.1) is 10.5 Å². The highest BCUT2D eigenvalue weighted by molar-refractivity contribution is 5.98. The standard InChI is InChI=1S/C19H17N3O6/c23-17(11-28-19(25)13-4-2-6-16(10-13)22(26)27)20-15-5-1-3-12(9-15)18(24)21-14-7-8-14/h1-6,9-10,14H,7-8,11H2,(H,20,23)(H,21,24). The van der Waals surface area contributed by atoms with Crippen molar-refractivity contribution < 1.29 is 24.0 Å². The molecule has 9 nitrogen and oxygen atoms in total. The molecule has 0 spiro atoms. The van der Waals surface area contributed by atoms with E-state index >= 15 is 0 Å². The summed E-state index contributed by atoms with van der Waals surface area (Å²) in [5.41, 5.74) is 0.527. The van der Waals surface area contributed by atoms with Crippen molar-refractivity contribution in [3.8, 4) is 0 Å². The number of rotatable bonds is 7. The van der Waals surface area contributed by atoms with Crippen LogP contribution in [-0.2, 0) is 9.53 Å². The average Bonchev–Trinajstić information content (AvgIpc) is 3.50. The number of carbonyl (C=O) groups excluding carboxylic acids is 3. The molecule has 0 heterocycles. The van der Waals surface area contributed by atoms with Gasteiger partial charge in [-0.3, -0.25) is 19.7 Å². The topological polar surface area (TPSA) is 128 Å². The van der Waals surface area contributed by atoms with Gasteiger partial charge in [-0.05, 0) is 37.1 Å². The zero-order valence-electron chi connectivity index (χ0n) is 14.7. The Hall–Kier alpha value is -3.75. The van der Waals surface area contributed by atoms with E-state index in [1.54, 1.807) is 18.2 Å². The van der Waals surface area contributed by atoms with Crippen LogP contribution in [0.15, 0.2) is 48.5 Å². The number of anilines is 1. The number of nitrogens with one attached hydrogen (secondary N) is 2. The number of hydrogen-bond donors (Lipinski definition) is 2. The Morgan fingerprint density at radius 1 is 1.07 bits per heavy atom. The van der Waals surface area contributed by atoms with E-state index < -0.39 is 23.4 Å². The Balaban J connectivity index is 1.54. The molecule has 0 unspecified atom stereocenters. The van der Waals surface area contributed by atoms with Crippen LogP contribution >= 0.6 is 0 Å². The number of nitro groups is 1. The van der Waals surface area contributed by atoms with Gasteiger partial charge in [-0.2, -0.15) is 0 Å². The van der Waals surface area contributed by atoms with Crippen molar-refractivity contribution in [1.82, 2.24) is 5.32 Å². The van der Waals surface area contributed by atoms with Crippen LogP contribution in [0.1, 0.15) is 33.6 Å². The molecular weight excluding hydrogens is 366 g/mol. The molecule has 144 valence electrons. The zero-order valence-corrected chi connectivity index (χ0v) is 14.7. The summed E-state index contributed by atoms with van der Waals surface area (Å²) in [4.78, 5) is 46.1.